The van der Waals surface area contributed by atoms with Crippen molar-refractivity contribution in [2.45, 2.75) is 66.0 Å². The summed E-state index contributed by atoms with van der Waals surface area (Å²) in [6, 6.07) is 7.94. The topological polar surface area (TPSA) is 12.0 Å². The van der Waals surface area contributed by atoms with Crippen LogP contribution >= 0.6 is 0 Å². The Labute approximate surface area is 112 Å². The number of hydrogen-bond acceptors (Lipinski definition) is 1. The third-order valence-electron chi connectivity index (χ3n) is 4.35. The molecule has 100 valence electrons. The van der Waals surface area contributed by atoms with Crippen LogP contribution in [0.15, 0.2) is 18.2 Å². The van der Waals surface area contributed by atoms with Gasteiger partial charge in [0.25, 0.3) is 0 Å². The van der Waals surface area contributed by atoms with Crippen LogP contribution in [0.4, 0.5) is 0 Å². The molecule has 18 heavy (non-hydrogen) atoms. The van der Waals surface area contributed by atoms with Crippen molar-refractivity contribution in [1.29, 1.82) is 0 Å². The highest BCUT2D eigenvalue weighted by Gasteiger charge is 2.31. The Bertz CT molecular complexity index is 420. The molecule has 1 aromatic carbocycles. The fourth-order valence-corrected chi connectivity index (χ4v) is 3.33. The van der Waals surface area contributed by atoms with E-state index in [1.165, 1.54) is 36.0 Å². The number of nitrogens with one attached hydrogen (secondary N) is 1. The molecule has 1 aromatic rings. The summed E-state index contributed by atoms with van der Waals surface area (Å²) in [5.74, 6) is 0. The molecular weight excluding hydrogens is 218 g/mol. The molecule has 1 aliphatic carbocycles. The zero-order chi connectivity index (χ0) is 13.3. The van der Waals surface area contributed by atoms with Gasteiger partial charge in [-0.05, 0) is 56.6 Å². The molecule has 1 aliphatic rings. The van der Waals surface area contributed by atoms with Gasteiger partial charge in [-0.2, -0.15) is 0 Å². The third kappa shape index (κ3) is 3.14. The van der Waals surface area contributed by atoms with E-state index in [0.29, 0.717) is 17.5 Å². The quantitative estimate of drug-likeness (QED) is 0.825. The minimum Gasteiger partial charge on any atom is -0.307 e. The zero-order valence-electron chi connectivity index (χ0n) is 12.5. The maximum Gasteiger partial charge on any atom is 0.0296 e. The van der Waals surface area contributed by atoms with Crippen molar-refractivity contribution in [3.63, 3.8) is 0 Å². The molecule has 0 aromatic heterocycles. The first-order valence-electron chi connectivity index (χ1n) is 7.21. The smallest absolute Gasteiger partial charge is 0.0296 e. The molecule has 0 saturated heterocycles. The van der Waals surface area contributed by atoms with E-state index in [4.69, 9.17) is 0 Å². The van der Waals surface area contributed by atoms with E-state index in [1.54, 1.807) is 0 Å². The van der Waals surface area contributed by atoms with E-state index in [1.807, 2.05) is 0 Å². The summed E-state index contributed by atoms with van der Waals surface area (Å²) >= 11 is 0. The molecule has 0 radical (unpaired) electrons. The van der Waals surface area contributed by atoms with Crippen LogP contribution in [0.5, 0.6) is 0 Å². The summed E-state index contributed by atoms with van der Waals surface area (Å²) in [4.78, 5) is 0. The van der Waals surface area contributed by atoms with Crippen molar-refractivity contribution in [1.82, 2.24) is 5.32 Å². The average Bonchev–Trinajstić information content (AvgIpc) is 2.57. The maximum atomic E-state index is 3.81. The van der Waals surface area contributed by atoms with Crippen LogP contribution in [0.25, 0.3) is 0 Å². The third-order valence-corrected chi connectivity index (χ3v) is 4.35. The van der Waals surface area contributed by atoms with Gasteiger partial charge in [0, 0.05) is 12.1 Å². The van der Waals surface area contributed by atoms with Crippen LogP contribution in [-0.2, 0) is 0 Å². The molecular formula is C17H27N. The highest BCUT2D eigenvalue weighted by molar-refractivity contribution is 5.32. The lowest BCUT2D eigenvalue weighted by molar-refractivity contribution is 0.356. The highest BCUT2D eigenvalue weighted by atomic mass is 15.0. The predicted molar refractivity (Wildman–Crippen MR) is 78.9 cm³/mol. The normalized spacial score (nSPS) is 24.2. The van der Waals surface area contributed by atoms with E-state index in [2.05, 4.69) is 58.1 Å². The molecule has 0 bridgehead atoms. The second-order valence-electron chi connectivity index (χ2n) is 6.85. The molecule has 1 nitrogen and oxygen atoms in total. The molecule has 0 spiro atoms. The fourth-order valence-electron chi connectivity index (χ4n) is 3.33. The lowest BCUT2D eigenvalue weighted by Gasteiger charge is -2.23. The van der Waals surface area contributed by atoms with Gasteiger partial charge in [-0.3, -0.25) is 0 Å². The molecule has 0 heterocycles. The zero-order valence-corrected chi connectivity index (χ0v) is 12.5. The Morgan fingerprint density at radius 3 is 2.56 bits per heavy atom. The minimum absolute atomic E-state index is 0.462. The van der Waals surface area contributed by atoms with E-state index in [-0.39, 0.29) is 0 Å². The first-order valence-corrected chi connectivity index (χ1v) is 7.21. The average molecular weight is 245 g/mol. The summed E-state index contributed by atoms with van der Waals surface area (Å²) in [6.07, 6.45) is 3.98. The second-order valence-corrected chi connectivity index (χ2v) is 6.85. The molecule has 2 atom stereocenters. The summed E-state index contributed by atoms with van der Waals surface area (Å²) in [5, 5.41) is 3.81. The molecule has 1 fully saturated rings. The Hall–Kier alpha value is -0.820. The molecule has 0 amide bonds. The van der Waals surface area contributed by atoms with Gasteiger partial charge in [-0.25, -0.2) is 0 Å². The Morgan fingerprint density at radius 2 is 2.00 bits per heavy atom. The second kappa shape index (κ2) is 5.05. The van der Waals surface area contributed by atoms with Gasteiger partial charge < -0.3 is 5.32 Å². The summed E-state index contributed by atoms with van der Waals surface area (Å²) < 4.78 is 0. The van der Waals surface area contributed by atoms with E-state index in [0.717, 1.165) is 0 Å². The Kier molecular flexibility index (Phi) is 3.82. The Balaban J connectivity index is 2.02. The fraction of sp³-hybridized carbons (Fsp3) is 0.647. The van der Waals surface area contributed by atoms with Crippen molar-refractivity contribution in [2.75, 3.05) is 0 Å². The van der Waals surface area contributed by atoms with Crippen LogP contribution < -0.4 is 5.32 Å². The lowest BCUT2D eigenvalue weighted by Crippen LogP contribution is -2.30. The van der Waals surface area contributed by atoms with Gasteiger partial charge in [0.15, 0.2) is 0 Å². The molecule has 1 N–H and O–H groups in total. The Morgan fingerprint density at radius 1 is 1.28 bits per heavy atom. The van der Waals surface area contributed by atoms with Crippen molar-refractivity contribution in [3.8, 4) is 0 Å². The molecule has 1 saturated carbocycles. The summed E-state index contributed by atoms with van der Waals surface area (Å²) in [6.45, 7) is 11.4. The molecule has 2 unspecified atom stereocenters. The largest absolute Gasteiger partial charge is 0.307 e. The van der Waals surface area contributed by atoms with Crippen molar-refractivity contribution < 1.29 is 0 Å². The van der Waals surface area contributed by atoms with Gasteiger partial charge in [-0.1, -0.05) is 37.6 Å². The SMILES string of the molecule is Cc1ccc(C(C)NC2CCC(C)(C)C2)c(C)c1. The van der Waals surface area contributed by atoms with Gasteiger partial charge in [0.2, 0.25) is 0 Å². The number of hydrogen-bond donors (Lipinski definition) is 1. The van der Waals surface area contributed by atoms with Crippen LogP contribution in [0, 0.1) is 19.3 Å². The van der Waals surface area contributed by atoms with E-state index in [9.17, 15) is 0 Å². The van der Waals surface area contributed by atoms with E-state index >= 15 is 0 Å². The molecule has 1 heteroatoms. The number of rotatable bonds is 3. The number of benzene rings is 1. The van der Waals surface area contributed by atoms with Crippen LogP contribution in [0.3, 0.4) is 0 Å². The predicted octanol–water partition coefficient (Wildman–Crippen LogP) is 4.53. The van der Waals surface area contributed by atoms with Gasteiger partial charge in [0.1, 0.15) is 0 Å². The standard InChI is InChI=1S/C17H27N/c1-12-6-7-16(13(2)10-12)14(3)18-15-8-9-17(4,5)11-15/h6-7,10,14-15,18H,8-9,11H2,1-5H3. The van der Waals surface area contributed by atoms with Gasteiger partial charge >= 0.3 is 0 Å². The van der Waals surface area contributed by atoms with Crippen molar-refractivity contribution in [3.05, 3.63) is 34.9 Å². The van der Waals surface area contributed by atoms with Gasteiger partial charge in [-0.15, -0.1) is 0 Å². The highest BCUT2D eigenvalue weighted by Crippen LogP contribution is 2.37. The first-order chi connectivity index (χ1) is 8.37. The molecule has 2 rings (SSSR count). The van der Waals surface area contributed by atoms with Crippen molar-refractivity contribution in [2.24, 2.45) is 5.41 Å². The maximum absolute atomic E-state index is 3.81. The monoisotopic (exact) mass is 245 g/mol. The van der Waals surface area contributed by atoms with Crippen LogP contribution in [-0.4, -0.2) is 6.04 Å². The molecule has 0 aliphatic heterocycles. The van der Waals surface area contributed by atoms with Crippen molar-refractivity contribution >= 4 is 0 Å². The number of aryl methyl sites for hydroxylation is 2. The van der Waals surface area contributed by atoms with Gasteiger partial charge in [0.05, 0.1) is 0 Å². The lowest BCUT2D eigenvalue weighted by atomic mass is 9.91. The first kappa shape index (κ1) is 13.6. The van der Waals surface area contributed by atoms with Crippen LogP contribution in [0.2, 0.25) is 0 Å². The summed E-state index contributed by atoms with van der Waals surface area (Å²) in [7, 11) is 0. The van der Waals surface area contributed by atoms with Crippen LogP contribution in [0.1, 0.15) is 62.8 Å². The van der Waals surface area contributed by atoms with E-state index < -0.39 is 0 Å². The minimum atomic E-state index is 0.462. The summed E-state index contributed by atoms with van der Waals surface area (Å²) in [5.41, 5.74) is 4.74.